The predicted octanol–water partition coefficient (Wildman–Crippen LogP) is -0.213. The van der Waals surface area contributed by atoms with E-state index in [0.29, 0.717) is 12.8 Å². The van der Waals surface area contributed by atoms with Crippen LogP contribution in [0.25, 0.3) is 0 Å². The smallest absolute Gasteiger partial charge is 0.216 e. The van der Waals surface area contributed by atoms with E-state index in [9.17, 15) is 9.59 Å². The van der Waals surface area contributed by atoms with Crippen LogP contribution in [0.3, 0.4) is 0 Å². The molecule has 0 N–H and O–H groups in total. The standard InChI is InChI=1S/C5H7NO2/c1-2-3-6(4-7)5-8/h2,4-5H,1,3H2. The summed E-state index contributed by atoms with van der Waals surface area (Å²) in [5.74, 6) is 0. The molecule has 0 aromatic rings. The molecule has 0 aromatic carbocycles. The molecule has 3 nitrogen and oxygen atoms in total. The van der Waals surface area contributed by atoms with Crippen LogP contribution in [0.4, 0.5) is 0 Å². The van der Waals surface area contributed by atoms with Gasteiger partial charge < -0.3 is 0 Å². The van der Waals surface area contributed by atoms with Gasteiger partial charge in [0.2, 0.25) is 12.8 Å². The Kier molecular flexibility index (Phi) is 3.48. The third-order valence-corrected chi connectivity index (χ3v) is 0.611. The zero-order valence-electron chi connectivity index (χ0n) is 4.41. The lowest BCUT2D eigenvalue weighted by Gasteiger charge is -2.01. The summed E-state index contributed by atoms with van der Waals surface area (Å²) >= 11 is 0. The van der Waals surface area contributed by atoms with Crippen molar-refractivity contribution >= 4 is 12.8 Å². The van der Waals surface area contributed by atoms with Gasteiger partial charge in [-0.05, 0) is 0 Å². The summed E-state index contributed by atoms with van der Waals surface area (Å²) in [5.41, 5.74) is 0. The first-order valence-corrected chi connectivity index (χ1v) is 2.12. The van der Waals surface area contributed by atoms with E-state index in [4.69, 9.17) is 0 Å². The van der Waals surface area contributed by atoms with Crippen molar-refractivity contribution in [1.29, 1.82) is 0 Å². The second-order valence-corrected chi connectivity index (χ2v) is 1.20. The minimum Gasteiger partial charge on any atom is -0.284 e. The first-order chi connectivity index (χ1) is 3.85. The monoisotopic (exact) mass is 113 g/mol. The van der Waals surface area contributed by atoms with Gasteiger partial charge in [-0.15, -0.1) is 6.58 Å². The molecular formula is C5H7NO2. The first kappa shape index (κ1) is 6.88. The normalized spacial score (nSPS) is 7.50. The van der Waals surface area contributed by atoms with Gasteiger partial charge in [-0.3, -0.25) is 14.5 Å². The largest absolute Gasteiger partial charge is 0.284 e. The zero-order valence-corrected chi connectivity index (χ0v) is 4.41. The van der Waals surface area contributed by atoms with Gasteiger partial charge in [0.15, 0.2) is 0 Å². The van der Waals surface area contributed by atoms with E-state index in [1.807, 2.05) is 0 Å². The molecule has 0 aromatic heterocycles. The van der Waals surface area contributed by atoms with Crippen LogP contribution in [0.5, 0.6) is 0 Å². The number of hydrogen-bond donors (Lipinski definition) is 0. The van der Waals surface area contributed by atoms with Gasteiger partial charge in [0.25, 0.3) is 0 Å². The number of rotatable bonds is 4. The van der Waals surface area contributed by atoms with Gasteiger partial charge >= 0.3 is 0 Å². The highest BCUT2D eigenvalue weighted by molar-refractivity contribution is 5.68. The molecule has 0 bridgehead atoms. The molecule has 0 spiro atoms. The van der Waals surface area contributed by atoms with Crippen LogP contribution >= 0.6 is 0 Å². The summed E-state index contributed by atoms with van der Waals surface area (Å²) in [6, 6.07) is 0. The van der Waals surface area contributed by atoms with Crippen LogP contribution in [-0.4, -0.2) is 24.3 Å². The highest BCUT2D eigenvalue weighted by Crippen LogP contribution is 1.73. The van der Waals surface area contributed by atoms with Crippen LogP contribution in [-0.2, 0) is 9.59 Å². The number of carbonyl (C=O) groups is 2. The Hall–Kier alpha value is -1.12. The van der Waals surface area contributed by atoms with Crippen molar-refractivity contribution in [2.24, 2.45) is 0 Å². The van der Waals surface area contributed by atoms with Crippen LogP contribution in [0.2, 0.25) is 0 Å². The SMILES string of the molecule is C=CCN(C=O)C=O. The molecule has 0 heterocycles. The van der Waals surface area contributed by atoms with Crippen molar-refractivity contribution in [2.45, 2.75) is 0 Å². The van der Waals surface area contributed by atoms with Crippen LogP contribution in [0, 0.1) is 0 Å². The molecule has 0 aliphatic heterocycles. The van der Waals surface area contributed by atoms with Gasteiger partial charge in [0, 0.05) is 6.54 Å². The topological polar surface area (TPSA) is 37.4 Å². The molecule has 0 aliphatic carbocycles. The number of carbonyl (C=O) groups excluding carboxylic acids is 2. The summed E-state index contributed by atoms with van der Waals surface area (Å²) in [7, 11) is 0. The van der Waals surface area contributed by atoms with Gasteiger partial charge in [-0.25, -0.2) is 0 Å². The van der Waals surface area contributed by atoms with Gasteiger partial charge in [0.1, 0.15) is 0 Å². The molecule has 44 valence electrons. The minimum atomic E-state index is 0.285. The van der Waals surface area contributed by atoms with Crippen LogP contribution in [0.1, 0.15) is 0 Å². The molecule has 0 aliphatic rings. The lowest BCUT2D eigenvalue weighted by atomic mass is 10.6. The van der Waals surface area contributed by atoms with E-state index in [-0.39, 0.29) is 6.54 Å². The Morgan fingerprint density at radius 3 is 2.00 bits per heavy atom. The van der Waals surface area contributed by atoms with E-state index in [0.717, 1.165) is 4.90 Å². The third-order valence-electron chi connectivity index (χ3n) is 0.611. The van der Waals surface area contributed by atoms with Crippen molar-refractivity contribution in [3.63, 3.8) is 0 Å². The number of nitrogens with zero attached hydrogens (tertiary/aromatic N) is 1. The fourth-order valence-corrected chi connectivity index (χ4v) is 0.260. The molecule has 8 heavy (non-hydrogen) atoms. The quantitative estimate of drug-likeness (QED) is 0.373. The molecule has 0 saturated carbocycles. The lowest BCUT2D eigenvalue weighted by Crippen LogP contribution is -2.18. The molecule has 0 saturated heterocycles. The summed E-state index contributed by atoms with van der Waals surface area (Å²) < 4.78 is 0. The Balaban J connectivity index is 3.50. The summed E-state index contributed by atoms with van der Waals surface area (Å²) in [4.78, 5) is 20.5. The molecule has 3 heteroatoms. The van der Waals surface area contributed by atoms with Crippen LogP contribution < -0.4 is 0 Å². The highest BCUT2D eigenvalue weighted by Gasteiger charge is 1.90. The molecule has 0 unspecified atom stereocenters. The molecule has 0 rings (SSSR count). The fourth-order valence-electron chi connectivity index (χ4n) is 0.260. The van der Waals surface area contributed by atoms with E-state index in [2.05, 4.69) is 6.58 Å². The Morgan fingerprint density at radius 1 is 1.38 bits per heavy atom. The van der Waals surface area contributed by atoms with Crippen molar-refractivity contribution in [3.8, 4) is 0 Å². The van der Waals surface area contributed by atoms with E-state index >= 15 is 0 Å². The summed E-state index contributed by atoms with van der Waals surface area (Å²) in [5, 5.41) is 0. The Bertz CT molecular complexity index is 92.6. The second-order valence-electron chi connectivity index (χ2n) is 1.20. The van der Waals surface area contributed by atoms with E-state index in [1.54, 1.807) is 0 Å². The van der Waals surface area contributed by atoms with Crippen molar-refractivity contribution in [3.05, 3.63) is 12.7 Å². The number of imide groups is 1. The lowest BCUT2D eigenvalue weighted by molar-refractivity contribution is -0.128. The van der Waals surface area contributed by atoms with E-state index in [1.165, 1.54) is 6.08 Å². The zero-order chi connectivity index (χ0) is 6.41. The average molecular weight is 113 g/mol. The molecule has 0 fully saturated rings. The van der Waals surface area contributed by atoms with Crippen molar-refractivity contribution in [1.82, 2.24) is 4.90 Å². The summed E-state index contributed by atoms with van der Waals surface area (Å²) in [6.45, 7) is 3.62. The van der Waals surface area contributed by atoms with Crippen LogP contribution in [0.15, 0.2) is 12.7 Å². The van der Waals surface area contributed by atoms with Gasteiger partial charge in [0.05, 0.1) is 0 Å². The number of hydrogen-bond acceptors (Lipinski definition) is 2. The third kappa shape index (κ3) is 2.12. The molecular weight excluding hydrogens is 106 g/mol. The highest BCUT2D eigenvalue weighted by atomic mass is 16.2. The Labute approximate surface area is 47.6 Å². The first-order valence-electron chi connectivity index (χ1n) is 2.12. The van der Waals surface area contributed by atoms with Gasteiger partial charge in [-0.1, -0.05) is 6.08 Å². The minimum absolute atomic E-state index is 0.285. The van der Waals surface area contributed by atoms with Crippen molar-refractivity contribution in [2.75, 3.05) is 6.54 Å². The maximum Gasteiger partial charge on any atom is 0.216 e. The molecule has 0 radical (unpaired) electrons. The summed E-state index contributed by atoms with van der Waals surface area (Å²) in [6.07, 6.45) is 2.38. The average Bonchev–Trinajstić information content (AvgIpc) is 1.83. The second kappa shape index (κ2) is 4.05. The van der Waals surface area contributed by atoms with Gasteiger partial charge in [-0.2, -0.15) is 0 Å². The number of amides is 2. The van der Waals surface area contributed by atoms with E-state index < -0.39 is 0 Å². The maximum absolute atomic E-state index is 9.77. The van der Waals surface area contributed by atoms with Crippen molar-refractivity contribution < 1.29 is 9.59 Å². The predicted molar refractivity (Wildman–Crippen MR) is 29.0 cm³/mol. The Morgan fingerprint density at radius 2 is 1.88 bits per heavy atom. The maximum atomic E-state index is 9.77. The fraction of sp³-hybridized carbons (Fsp3) is 0.200. The molecule has 2 amide bonds. The molecule has 0 atom stereocenters.